The lowest BCUT2D eigenvalue weighted by atomic mass is 9.82. The Morgan fingerprint density at radius 1 is 0.958 bits per heavy atom. The lowest BCUT2D eigenvalue weighted by Gasteiger charge is -2.47. The van der Waals surface area contributed by atoms with Gasteiger partial charge in [0.1, 0.15) is 5.30 Å². The van der Waals surface area contributed by atoms with Crippen molar-refractivity contribution in [3.05, 3.63) is 53.5 Å². The van der Waals surface area contributed by atoms with E-state index < -0.39 is 7.41 Å². The third-order valence-electron chi connectivity index (χ3n) is 4.72. The first-order valence-electron chi connectivity index (χ1n) is 8.56. The fourth-order valence-electron chi connectivity index (χ4n) is 4.11. The van der Waals surface area contributed by atoms with Gasteiger partial charge in [-0.2, -0.15) is 0 Å². The zero-order valence-corrected chi connectivity index (χ0v) is 19.6. The van der Waals surface area contributed by atoms with Crippen LogP contribution >= 0.6 is 7.41 Å². The van der Waals surface area contributed by atoms with Gasteiger partial charge in [0.05, 0.1) is 17.5 Å². The highest BCUT2D eigenvalue weighted by molar-refractivity contribution is 7.84. The summed E-state index contributed by atoms with van der Waals surface area (Å²) in [6.45, 7) is 18.9. The average Bonchev–Trinajstić information content (AvgIpc) is 2.41. The van der Waals surface area contributed by atoms with Crippen LogP contribution in [-0.2, 0) is 0 Å². The van der Waals surface area contributed by atoms with Crippen LogP contribution in [0.3, 0.4) is 0 Å². The third-order valence-corrected chi connectivity index (χ3v) is 9.05. The van der Waals surface area contributed by atoms with Crippen LogP contribution in [0.15, 0.2) is 53.5 Å². The molecule has 1 aromatic carbocycles. The van der Waals surface area contributed by atoms with Crippen LogP contribution in [0.5, 0.6) is 0 Å². The first-order chi connectivity index (χ1) is 10.5. The fraction of sp³-hybridized carbons (Fsp3) is 0.524. The van der Waals surface area contributed by atoms with Gasteiger partial charge in [-0.1, -0.05) is 39.0 Å². The second-order valence-corrected chi connectivity index (χ2v) is 12.4. The van der Waals surface area contributed by atoms with Gasteiger partial charge in [0.15, 0.2) is 7.41 Å². The van der Waals surface area contributed by atoms with Crippen molar-refractivity contribution in [1.82, 2.24) is 4.67 Å². The molecule has 24 heavy (non-hydrogen) atoms. The molecule has 0 fully saturated rings. The van der Waals surface area contributed by atoms with Gasteiger partial charge in [-0.3, -0.25) is 0 Å². The molecule has 0 amide bonds. The highest BCUT2D eigenvalue weighted by atomic mass is 127. The maximum Gasteiger partial charge on any atom is 0.162 e. The first-order valence-corrected chi connectivity index (χ1v) is 10.7. The third kappa shape index (κ3) is 4.43. The van der Waals surface area contributed by atoms with E-state index in [4.69, 9.17) is 0 Å². The predicted octanol–water partition coefficient (Wildman–Crippen LogP) is 3.22. The minimum Gasteiger partial charge on any atom is -1.00 e. The van der Waals surface area contributed by atoms with Gasteiger partial charge in [-0.05, 0) is 63.3 Å². The largest absolute Gasteiger partial charge is 1.00 e. The average molecular weight is 457 g/mol. The van der Waals surface area contributed by atoms with Crippen LogP contribution in [-0.4, -0.2) is 16.9 Å². The SMILES string of the molecule is CC1=CN(C(C)(C)CC(C)(C)C)[P+](C)(c2ccccc2)C(C)=C1.[I-]. The van der Waals surface area contributed by atoms with Crippen molar-refractivity contribution >= 4 is 12.7 Å². The molecule has 1 aliphatic rings. The summed E-state index contributed by atoms with van der Waals surface area (Å²) >= 11 is 0. The van der Waals surface area contributed by atoms with Crippen LogP contribution in [0.1, 0.15) is 54.9 Å². The van der Waals surface area contributed by atoms with E-state index >= 15 is 0 Å². The van der Waals surface area contributed by atoms with E-state index in [1.54, 1.807) is 0 Å². The van der Waals surface area contributed by atoms with Gasteiger partial charge in [0.2, 0.25) is 0 Å². The Kier molecular flexibility index (Phi) is 6.78. The molecule has 1 unspecified atom stereocenters. The molecule has 0 radical (unpaired) electrons. The van der Waals surface area contributed by atoms with E-state index in [0.717, 1.165) is 0 Å². The zero-order valence-electron chi connectivity index (χ0n) is 16.5. The highest BCUT2D eigenvalue weighted by Gasteiger charge is 2.51. The van der Waals surface area contributed by atoms with Crippen molar-refractivity contribution in [1.29, 1.82) is 0 Å². The van der Waals surface area contributed by atoms with E-state index in [2.05, 4.69) is 102 Å². The first kappa shape index (κ1) is 21.7. The van der Waals surface area contributed by atoms with Crippen LogP contribution in [0.2, 0.25) is 0 Å². The molecular weight excluding hydrogens is 424 g/mol. The topological polar surface area (TPSA) is 3.24 Å². The van der Waals surface area contributed by atoms with Gasteiger partial charge in [-0.25, -0.2) is 4.67 Å². The number of hydrogen-bond donors (Lipinski definition) is 0. The van der Waals surface area contributed by atoms with Crippen LogP contribution in [0.4, 0.5) is 0 Å². The summed E-state index contributed by atoms with van der Waals surface area (Å²) in [5.41, 5.74) is 1.78. The standard InChI is InChI=1S/C21H33NP.HI/c1-17-14-18(2)23(8,19-12-10-9-11-13-19)22(15-17)21(6,7)16-20(3,4)5;/h9-15H,16H2,1-8H3;1H/q+1;/p-1. The Morgan fingerprint density at radius 2 is 1.50 bits per heavy atom. The summed E-state index contributed by atoms with van der Waals surface area (Å²) in [5.74, 6) is 0. The van der Waals surface area contributed by atoms with Crippen LogP contribution in [0.25, 0.3) is 0 Å². The Morgan fingerprint density at radius 3 is 2.00 bits per heavy atom. The molecular formula is C21H33INP. The second kappa shape index (κ2) is 7.50. The van der Waals surface area contributed by atoms with Crippen molar-refractivity contribution < 1.29 is 24.0 Å². The summed E-state index contributed by atoms with van der Waals surface area (Å²) in [5, 5.41) is 2.99. The van der Waals surface area contributed by atoms with Crippen molar-refractivity contribution in [3.63, 3.8) is 0 Å². The predicted molar refractivity (Wildman–Crippen MR) is 106 cm³/mol. The molecule has 134 valence electrons. The molecule has 0 aromatic heterocycles. The number of allylic oxidation sites excluding steroid dienone is 3. The molecule has 1 nitrogen and oxygen atoms in total. The van der Waals surface area contributed by atoms with E-state index in [1.165, 1.54) is 22.6 Å². The maximum absolute atomic E-state index is 2.70. The summed E-state index contributed by atoms with van der Waals surface area (Å²) in [7, 11) is -1.54. The van der Waals surface area contributed by atoms with Crippen molar-refractivity contribution in [2.75, 3.05) is 6.66 Å². The molecule has 0 saturated heterocycles. The lowest BCUT2D eigenvalue weighted by molar-refractivity contribution is -0.00000762. The molecule has 1 aliphatic heterocycles. The Bertz CT molecular complexity index is 625. The maximum atomic E-state index is 2.70. The van der Waals surface area contributed by atoms with Crippen molar-refractivity contribution in [2.24, 2.45) is 5.41 Å². The minimum atomic E-state index is -1.54. The molecule has 2 rings (SSSR count). The summed E-state index contributed by atoms with van der Waals surface area (Å²) in [6, 6.07) is 11.1. The highest BCUT2D eigenvalue weighted by Crippen LogP contribution is 2.69. The van der Waals surface area contributed by atoms with E-state index in [9.17, 15) is 0 Å². The van der Waals surface area contributed by atoms with Crippen LogP contribution in [0, 0.1) is 5.41 Å². The van der Waals surface area contributed by atoms with Crippen molar-refractivity contribution in [3.8, 4) is 0 Å². The van der Waals surface area contributed by atoms with Gasteiger partial charge in [0.25, 0.3) is 0 Å². The summed E-state index contributed by atoms with van der Waals surface area (Å²) in [4.78, 5) is 0. The zero-order chi connectivity index (χ0) is 17.5. The number of halogens is 1. The monoisotopic (exact) mass is 457 g/mol. The Hall–Kier alpha value is -0.340. The van der Waals surface area contributed by atoms with Gasteiger partial charge in [0, 0.05) is 6.20 Å². The molecule has 1 aromatic rings. The van der Waals surface area contributed by atoms with E-state index in [0.29, 0.717) is 5.41 Å². The van der Waals surface area contributed by atoms with Gasteiger partial charge in [-0.15, -0.1) is 0 Å². The number of rotatable bonds is 3. The molecule has 0 saturated carbocycles. The molecule has 3 heteroatoms. The van der Waals surface area contributed by atoms with E-state index in [-0.39, 0.29) is 29.5 Å². The number of hydrogen-bond acceptors (Lipinski definition) is 1. The molecule has 0 aliphatic carbocycles. The van der Waals surface area contributed by atoms with Gasteiger partial charge < -0.3 is 24.0 Å². The Balaban J connectivity index is 0.00000288. The fourth-order valence-corrected chi connectivity index (χ4v) is 7.88. The van der Waals surface area contributed by atoms with E-state index in [1.807, 2.05) is 0 Å². The molecule has 0 spiro atoms. The van der Waals surface area contributed by atoms with Crippen molar-refractivity contribution in [2.45, 2.75) is 60.4 Å². The lowest BCUT2D eigenvalue weighted by Crippen LogP contribution is -3.00. The molecule has 1 heterocycles. The molecule has 0 N–H and O–H groups in total. The second-order valence-electron chi connectivity index (χ2n) is 8.85. The van der Waals surface area contributed by atoms with Gasteiger partial charge >= 0.3 is 0 Å². The number of nitrogens with zero attached hydrogens (tertiary/aromatic N) is 1. The normalized spacial score (nSPS) is 21.8. The minimum absolute atomic E-state index is 0. The van der Waals surface area contributed by atoms with Crippen LogP contribution < -0.4 is 29.3 Å². The summed E-state index contributed by atoms with van der Waals surface area (Å²) in [6.07, 6.45) is 5.95. The summed E-state index contributed by atoms with van der Waals surface area (Å²) < 4.78 is 2.70. The molecule has 1 atom stereocenters. The molecule has 0 bridgehead atoms. The smallest absolute Gasteiger partial charge is 0.162 e. The Labute approximate surface area is 167 Å². The quantitative estimate of drug-likeness (QED) is 0.498. The number of benzene rings is 1.